The Morgan fingerprint density at radius 1 is 0.920 bits per heavy atom. The number of rotatable bonds is 8. The molecule has 0 saturated heterocycles. The van der Waals surface area contributed by atoms with Gasteiger partial charge in [0.25, 0.3) is 5.91 Å². The van der Waals surface area contributed by atoms with Crippen molar-refractivity contribution in [3.05, 3.63) is 60.2 Å². The Morgan fingerprint density at radius 3 is 2.32 bits per heavy atom. The van der Waals surface area contributed by atoms with Gasteiger partial charge >= 0.3 is 0 Å². The number of nitrogens with one attached hydrogen (secondary N) is 3. The highest BCUT2D eigenvalue weighted by Gasteiger charge is 2.11. The van der Waals surface area contributed by atoms with Gasteiger partial charge in [0.15, 0.2) is 0 Å². The summed E-state index contributed by atoms with van der Waals surface area (Å²) >= 11 is 0. The van der Waals surface area contributed by atoms with Gasteiger partial charge < -0.3 is 21.7 Å². The van der Waals surface area contributed by atoms with Crippen LogP contribution in [-0.2, 0) is 9.59 Å². The molecule has 7 heteroatoms. The predicted molar refractivity (Wildman–Crippen MR) is 96.1 cm³/mol. The molecular formula is C18H20N4O3. The van der Waals surface area contributed by atoms with Crippen molar-refractivity contribution in [2.45, 2.75) is 6.42 Å². The summed E-state index contributed by atoms with van der Waals surface area (Å²) in [7, 11) is 0. The first-order valence-corrected chi connectivity index (χ1v) is 7.80. The number of para-hydroxylation sites is 2. The Morgan fingerprint density at radius 2 is 1.60 bits per heavy atom. The SMILES string of the molecule is NC(=O)CCNC(=O)c1ccccc1NCC(=O)Nc1ccccc1. The van der Waals surface area contributed by atoms with Crippen LogP contribution in [-0.4, -0.2) is 30.8 Å². The lowest BCUT2D eigenvalue weighted by Gasteiger charge is -2.12. The molecule has 0 atom stereocenters. The first-order valence-electron chi connectivity index (χ1n) is 7.80. The van der Waals surface area contributed by atoms with Crippen LogP contribution in [0, 0.1) is 0 Å². The van der Waals surface area contributed by atoms with E-state index < -0.39 is 5.91 Å². The van der Waals surface area contributed by atoms with Gasteiger partial charge in [0.2, 0.25) is 11.8 Å². The van der Waals surface area contributed by atoms with Crippen LogP contribution in [0.3, 0.4) is 0 Å². The summed E-state index contributed by atoms with van der Waals surface area (Å²) < 4.78 is 0. The standard InChI is InChI=1S/C18H20N4O3/c19-16(23)10-11-20-18(25)14-8-4-5-9-15(14)21-12-17(24)22-13-6-2-1-3-7-13/h1-9,21H,10-12H2,(H2,19,23)(H,20,25)(H,22,24). The van der Waals surface area contributed by atoms with Crippen LogP contribution in [0.1, 0.15) is 16.8 Å². The third-order valence-corrected chi connectivity index (χ3v) is 3.33. The third kappa shape index (κ3) is 5.98. The lowest BCUT2D eigenvalue weighted by Crippen LogP contribution is -2.29. The van der Waals surface area contributed by atoms with Gasteiger partial charge in [-0.25, -0.2) is 0 Å². The molecule has 0 aliphatic rings. The minimum atomic E-state index is -0.482. The van der Waals surface area contributed by atoms with Gasteiger partial charge in [-0.2, -0.15) is 0 Å². The minimum Gasteiger partial charge on any atom is -0.376 e. The van der Waals surface area contributed by atoms with Crippen molar-refractivity contribution in [2.75, 3.05) is 23.7 Å². The lowest BCUT2D eigenvalue weighted by atomic mass is 10.1. The van der Waals surface area contributed by atoms with E-state index in [2.05, 4.69) is 16.0 Å². The van der Waals surface area contributed by atoms with Crippen LogP contribution in [0.25, 0.3) is 0 Å². The molecule has 5 N–H and O–H groups in total. The van der Waals surface area contributed by atoms with E-state index in [-0.39, 0.29) is 31.3 Å². The normalized spacial score (nSPS) is 9.92. The van der Waals surface area contributed by atoms with Crippen molar-refractivity contribution in [1.29, 1.82) is 0 Å². The van der Waals surface area contributed by atoms with Crippen molar-refractivity contribution in [1.82, 2.24) is 5.32 Å². The maximum Gasteiger partial charge on any atom is 0.253 e. The molecule has 2 aromatic carbocycles. The number of anilines is 2. The van der Waals surface area contributed by atoms with Gasteiger partial charge in [-0.3, -0.25) is 14.4 Å². The second-order valence-corrected chi connectivity index (χ2v) is 5.29. The molecule has 0 bridgehead atoms. The number of benzene rings is 2. The van der Waals surface area contributed by atoms with Crippen LogP contribution in [0.5, 0.6) is 0 Å². The van der Waals surface area contributed by atoms with Crippen molar-refractivity contribution in [2.24, 2.45) is 5.73 Å². The fourth-order valence-electron chi connectivity index (χ4n) is 2.13. The zero-order chi connectivity index (χ0) is 18.1. The molecular weight excluding hydrogens is 320 g/mol. The van der Waals surface area contributed by atoms with Crippen LogP contribution in [0.2, 0.25) is 0 Å². The molecule has 0 heterocycles. The number of primary amides is 1. The fourth-order valence-corrected chi connectivity index (χ4v) is 2.13. The second kappa shape index (κ2) is 9.07. The summed E-state index contributed by atoms with van der Waals surface area (Å²) in [5.41, 5.74) is 6.66. The summed E-state index contributed by atoms with van der Waals surface area (Å²) in [6.45, 7) is 0.178. The number of amides is 3. The molecule has 2 rings (SSSR count). The Labute approximate surface area is 145 Å². The number of nitrogens with two attached hydrogens (primary N) is 1. The zero-order valence-corrected chi connectivity index (χ0v) is 13.6. The molecule has 0 unspecified atom stereocenters. The summed E-state index contributed by atoms with van der Waals surface area (Å²) in [6.07, 6.45) is 0.0703. The van der Waals surface area contributed by atoms with Crippen molar-refractivity contribution < 1.29 is 14.4 Å². The number of hydrogen-bond acceptors (Lipinski definition) is 4. The highest BCUT2D eigenvalue weighted by atomic mass is 16.2. The summed E-state index contributed by atoms with van der Waals surface area (Å²) in [5.74, 6) is -1.05. The quantitative estimate of drug-likeness (QED) is 0.581. The number of carbonyl (C=O) groups is 3. The Balaban J connectivity index is 1.92. The molecule has 0 aliphatic carbocycles. The van der Waals surface area contributed by atoms with Gasteiger partial charge in [-0.15, -0.1) is 0 Å². The Hall–Kier alpha value is -3.35. The molecule has 7 nitrogen and oxygen atoms in total. The van der Waals surface area contributed by atoms with E-state index in [4.69, 9.17) is 5.73 Å². The lowest BCUT2D eigenvalue weighted by molar-refractivity contribution is -0.118. The predicted octanol–water partition coefficient (Wildman–Crippen LogP) is 1.34. The molecule has 130 valence electrons. The molecule has 0 aromatic heterocycles. The molecule has 2 aromatic rings. The van der Waals surface area contributed by atoms with Crippen LogP contribution in [0.4, 0.5) is 11.4 Å². The highest BCUT2D eigenvalue weighted by Crippen LogP contribution is 2.14. The van der Waals surface area contributed by atoms with E-state index in [0.29, 0.717) is 16.9 Å². The molecule has 0 spiro atoms. The largest absolute Gasteiger partial charge is 0.376 e. The Bertz CT molecular complexity index is 747. The topological polar surface area (TPSA) is 113 Å². The van der Waals surface area contributed by atoms with E-state index in [0.717, 1.165) is 0 Å². The molecule has 0 fully saturated rings. The summed E-state index contributed by atoms with van der Waals surface area (Å²) in [5, 5.41) is 8.32. The summed E-state index contributed by atoms with van der Waals surface area (Å²) in [4.78, 5) is 34.9. The first kappa shape index (κ1) is 18.0. The average molecular weight is 340 g/mol. The second-order valence-electron chi connectivity index (χ2n) is 5.29. The molecule has 0 aliphatic heterocycles. The monoisotopic (exact) mass is 340 g/mol. The van der Waals surface area contributed by atoms with E-state index in [1.54, 1.807) is 36.4 Å². The minimum absolute atomic E-state index is 0.0144. The molecule has 25 heavy (non-hydrogen) atoms. The maximum absolute atomic E-state index is 12.2. The van der Waals surface area contributed by atoms with Gasteiger partial charge in [-0.05, 0) is 24.3 Å². The first-order chi connectivity index (χ1) is 12.1. The third-order valence-electron chi connectivity index (χ3n) is 3.33. The maximum atomic E-state index is 12.2. The van der Waals surface area contributed by atoms with Crippen molar-refractivity contribution >= 4 is 29.1 Å². The number of carbonyl (C=O) groups excluding carboxylic acids is 3. The van der Waals surface area contributed by atoms with Crippen LogP contribution >= 0.6 is 0 Å². The van der Waals surface area contributed by atoms with E-state index in [1.165, 1.54) is 0 Å². The van der Waals surface area contributed by atoms with Crippen molar-refractivity contribution in [3.8, 4) is 0 Å². The Kier molecular flexibility index (Phi) is 6.53. The van der Waals surface area contributed by atoms with Gasteiger partial charge in [0.1, 0.15) is 0 Å². The summed E-state index contributed by atoms with van der Waals surface area (Å²) in [6, 6.07) is 15.9. The zero-order valence-electron chi connectivity index (χ0n) is 13.6. The van der Waals surface area contributed by atoms with Gasteiger partial charge in [-0.1, -0.05) is 30.3 Å². The van der Waals surface area contributed by atoms with Crippen LogP contribution < -0.4 is 21.7 Å². The van der Waals surface area contributed by atoms with E-state index >= 15 is 0 Å². The highest BCUT2D eigenvalue weighted by molar-refractivity contribution is 6.01. The molecule has 0 saturated carbocycles. The molecule has 0 radical (unpaired) electrons. The van der Waals surface area contributed by atoms with E-state index in [9.17, 15) is 14.4 Å². The van der Waals surface area contributed by atoms with Crippen molar-refractivity contribution in [3.63, 3.8) is 0 Å². The molecule has 3 amide bonds. The van der Waals surface area contributed by atoms with Crippen LogP contribution in [0.15, 0.2) is 54.6 Å². The number of hydrogen-bond donors (Lipinski definition) is 4. The fraction of sp³-hybridized carbons (Fsp3) is 0.167. The van der Waals surface area contributed by atoms with Gasteiger partial charge in [0.05, 0.1) is 12.1 Å². The smallest absolute Gasteiger partial charge is 0.253 e. The van der Waals surface area contributed by atoms with E-state index in [1.807, 2.05) is 18.2 Å². The average Bonchev–Trinajstić information content (AvgIpc) is 2.60. The van der Waals surface area contributed by atoms with Gasteiger partial charge in [0, 0.05) is 24.3 Å².